The van der Waals surface area contributed by atoms with Gasteiger partial charge in [-0.25, -0.2) is 0 Å². The van der Waals surface area contributed by atoms with Crippen molar-refractivity contribution in [2.75, 3.05) is 0 Å². The second kappa shape index (κ2) is 7.98. The fourth-order valence-electron chi connectivity index (χ4n) is 3.81. The van der Waals surface area contributed by atoms with Crippen LogP contribution in [0.4, 0.5) is 0 Å². The molecule has 1 heterocycles. The molecule has 27 heavy (non-hydrogen) atoms. The van der Waals surface area contributed by atoms with E-state index in [1.54, 1.807) is 31.2 Å². The Morgan fingerprint density at radius 2 is 1.89 bits per heavy atom. The molecule has 1 aliphatic carbocycles. The summed E-state index contributed by atoms with van der Waals surface area (Å²) in [7, 11) is 0. The average molecular weight is 385 g/mol. The number of benzene rings is 1. The van der Waals surface area contributed by atoms with Crippen molar-refractivity contribution in [3.05, 3.63) is 61.9 Å². The van der Waals surface area contributed by atoms with Gasteiger partial charge in [-0.3, -0.25) is 14.2 Å². The van der Waals surface area contributed by atoms with Crippen LogP contribution in [0, 0.1) is 18.3 Å². The van der Waals surface area contributed by atoms with Crippen LogP contribution in [0.2, 0.25) is 5.02 Å². The highest BCUT2D eigenvalue weighted by molar-refractivity contribution is 6.30. The Hall–Kier alpha value is -2.58. The van der Waals surface area contributed by atoms with Crippen LogP contribution in [0.3, 0.4) is 0 Å². The van der Waals surface area contributed by atoms with Crippen molar-refractivity contribution in [2.24, 2.45) is 0 Å². The molecular formula is C21H21ClN2O3. The molecule has 6 heteroatoms. The van der Waals surface area contributed by atoms with E-state index in [0.717, 1.165) is 37.7 Å². The minimum Gasteiger partial charge on any atom is -0.494 e. The Bertz CT molecular complexity index is 965. The molecule has 1 aliphatic rings. The number of carbonyl (C=O) groups is 1. The number of ketones is 1. The summed E-state index contributed by atoms with van der Waals surface area (Å²) in [6.07, 6.45) is 4.57. The van der Waals surface area contributed by atoms with Gasteiger partial charge in [0.05, 0.1) is 5.56 Å². The minimum atomic E-state index is -0.512. The van der Waals surface area contributed by atoms with E-state index in [1.807, 2.05) is 6.07 Å². The summed E-state index contributed by atoms with van der Waals surface area (Å²) in [5, 5.41) is 20.9. The molecule has 1 saturated carbocycles. The topological polar surface area (TPSA) is 83.1 Å². The van der Waals surface area contributed by atoms with Gasteiger partial charge in [0.15, 0.2) is 5.78 Å². The Labute approximate surface area is 162 Å². The van der Waals surface area contributed by atoms with Crippen LogP contribution in [-0.2, 0) is 6.42 Å². The fourth-order valence-corrected chi connectivity index (χ4v) is 3.94. The summed E-state index contributed by atoms with van der Waals surface area (Å²) in [5.41, 5.74) is 0.468. The lowest BCUT2D eigenvalue weighted by atomic mass is 9.93. The summed E-state index contributed by atoms with van der Waals surface area (Å²) in [4.78, 5) is 25.7. The second-order valence-electron chi connectivity index (χ2n) is 7.00. The third-order valence-electron chi connectivity index (χ3n) is 5.24. The fraction of sp³-hybridized carbons (Fsp3) is 0.381. The molecule has 0 spiro atoms. The van der Waals surface area contributed by atoms with Gasteiger partial charge >= 0.3 is 0 Å². The van der Waals surface area contributed by atoms with Gasteiger partial charge in [0.25, 0.3) is 5.56 Å². The molecule has 140 valence electrons. The van der Waals surface area contributed by atoms with E-state index >= 15 is 0 Å². The van der Waals surface area contributed by atoms with Crippen LogP contribution in [0.5, 0.6) is 5.88 Å². The smallest absolute Gasteiger partial charge is 0.271 e. The number of Topliss-reactive ketones (excluding diaryl/α,β-unsaturated/α-hetero) is 1. The number of rotatable bonds is 4. The van der Waals surface area contributed by atoms with Crippen LogP contribution >= 0.6 is 11.6 Å². The third kappa shape index (κ3) is 3.77. The van der Waals surface area contributed by atoms with Gasteiger partial charge in [-0.05, 0) is 43.0 Å². The number of hydrogen-bond donors (Lipinski definition) is 1. The van der Waals surface area contributed by atoms with Gasteiger partial charge in [-0.1, -0.05) is 43.0 Å². The lowest BCUT2D eigenvalue weighted by Gasteiger charge is -2.26. The number of halogens is 1. The van der Waals surface area contributed by atoms with E-state index in [0.29, 0.717) is 5.02 Å². The highest BCUT2D eigenvalue weighted by atomic mass is 35.5. The van der Waals surface area contributed by atoms with Gasteiger partial charge in [-0.15, -0.1) is 0 Å². The number of carbonyl (C=O) groups excluding carboxylic acids is 1. The Morgan fingerprint density at radius 3 is 2.48 bits per heavy atom. The van der Waals surface area contributed by atoms with Crippen molar-refractivity contribution in [1.29, 1.82) is 5.26 Å². The van der Waals surface area contributed by atoms with Gasteiger partial charge in [0.1, 0.15) is 11.6 Å². The Morgan fingerprint density at radius 1 is 1.26 bits per heavy atom. The molecule has 2 aromatic rings. The average Bonchev–Trinajstić information content (AvgIpc) is 2.65. The zero-order chi connectivity index (χ0) is 19.6. The third-order valence-corrected chi connectivity index (χ3v) is 5.49. The van der Waals surface area contributed by atoms with Crippen LogP contribution < -0.4 is 5.56 Å². The number of hydrogen-bond acceptors (Lipinski definition) is 4. The lowest BCUT2D eigenvalue weighted by Crippen LogP contribution is -2.31. The molecule has 0 saturated heterocycles. The minimum absolute atomic E-state index is 0.0549. The van der Waals surface area contributed by atoms with E-state index in [9.17, 15) is 20.0 Å². The molecule has 0 bridgehead atoms. The van der Waals surface area contributed by atoms with Crippen molar-refractivity contribution < 1.29 is 9.90 Å². The molecular weight excluding hydrogens is 364 g/mol. The molecule has 0 unspecified atom stereocenters. The molecule has 0 aliphatic heterocycles. The SMILES string of the molecule is Cc1c(C(=O)Cc2ccc(Cl)cc2)c(O)n(C2CCCCC2)c(=O)c1C#N. The van der Waals surface area contributed by atoms with Crippen LogP contribution in [-0.4, -0.2) is 15.5 Å². The van der Waals surface area contributed by atoms with Gasteiger partial charge in [0, 0.05) is 17.5 Å². The van der Waals surface area contributed by atoms with E-state index < -0.39 is 5.56 Å². The van der Waals surface area contributed by atoms with Crippen molar-refractivity contribution in [3.63, 3.8) is 0 Å². The van der Waals surface area contributed by atoms with Crippen LogP contribution in [0.1, 0.15) is 65.2 Å². The number of pyridine rings is 1. The quantitative estimate of drug-likeness (QED) is 0.796. The van der Waals surface area contributed by atoms with E-state index in [2.05, 4.69) is 0 Å². The predicted molar refractivity (Wildman–Crippen MR) is 103 cm³/mol. The molecule has 1 aromatic carbocycles. The van der Waals surface area contributed by atoms with Gasteiger partial charge < -0.3 is 5.11 Å². The molecule has 0 atom stereocenters. The largest absolute Gasteiger partial charge is 0.494 e. The Balaban J connectivity index is 2.08. The number of nitrogens with zero attached hydrogens (tertiary/aromatic N) is 2. The van der Waals surface area contributed by atoms with E-state index in [-0.39, 0.29) is 40.8 Å². The molecule has 1 aromatic heterocycles. The maximum absolute atomic E-state index is 12.9. The molecule has 5 nitrogen and oxygen atoms in total. The molecule has 0 amide bonds. The summed E-state index contributed by atoms with van der Waals surface area (Å²) in [6, 6.07) is 8.62. The lowest BCUT2D eigenvalue weighted by molar-refractivity contribution is 0.0987. The summed E-state index contributed by atoms with van der Waals surface area (Å²) >= 11 is 5.88. The summed E-state index contributed by atoms with van der Waals surface area (Å²) < 4.78 is 1.26. The van der Waals surface area contributed by atoms with Crippen molar-refractivity contribution >= 4 is 17.4 Å². The first kappa shape index (κ1) is 19.2. The summed E-state index contributed by atoms with van der Waals surface area (Å²) in [5.74, 6) is -0.643. The molecule has 1 fully saturated rings. The zero-order valence-corrected chi connectivity index (χ0v) is 15.9. The molecule has 3 rings (SSSR count). The predicted octanol–water partition coefficient (Wildman–Crippen LogP) is 4.32. The van der Waals surface area contributed by atoms with Crippen molar-refractivity contribution in [2.45, 2.75) is 51.5 Å². The Kier molecular flexibility index (Phi) is 5.67. The first-order valence-electron chi connectivity index (χ1n) is 9.09. The van der Waals surface area contributed by atoms with Gasteiger partial charge in [0.2, 0.25) is 5.88 Å². The monoisotopic (exact) mass is 384 g/mol. The second-order valence-corrected chi connectivity index (χ2v) is 7.44. The maximum Gasteiger partial charge on any atom is 0.271 e. The molecule has 0 radical (unpaired) electrons. The molecule has 1 N–H and O–H groups in total. The highest BCUT2D eigenvalue weighted by Crippen LogP contribution is 2.33. The number of aromatic nitrogens is 1. The van der Waals surface area contributed by atoms with E-state index in [4.69, 9.17) is 11.6 Å². The van der Waals surface area contributed by atoms with Crippen LogP contribution in [0.15, 0.2) is 29.1 Å². The highest BCUT2D eigenvalue weighted by Gasteiger charge is 2.28. The van der Waals surface area contributed by atoms with Crippen LogP contribution in [0.25, 0.3) is 0 Å². The first-order valence-corrected chi connectivity index (χ1v) is 9.47. The zero-order valence-electron chi connectivity index (χ0n) is 15.2. The normalized spacial score (nSPS) is 14.7. The van der Waals surface area contributed by atoms with Crippen molar-refractivity contribution in [3.8, 4) is 11.9 Å². The van der Waals surface area contributed by atoms with Crippen molar-refractivity contribution in [1.82, 2.24) is 4.57 Å². The first-order chi connectivity index (χ1) is 12.9. The maximum atomic E-state index is 12.9. The summed E-state index contributed by atoms with van der Waals surface area (Å²) in [6.45, 7) is 1.54. The number of aromatic hydroxyl groups is 1. The standard InChI is InChI=1S/C21H21ClN2O3/c1-13-17(12-23)20(26)24(16-5-3-2-4-6-16)21(27)19(13)18(25)11-14-7-9-15(22)10-8-14/h7-10,16,27H,2-6,11H2,1H3. The number of nitriles is 1. The van der Waals surface area contributed by atoms with Gasteiger partial charge in [-0.2, -0.15) is 5.26 Å². The van der Waals surface area contributed by atoms with E-state index in [1.165, 1.54) is 4.57 Å².